The third kappa shape index (κ3) is 3.00. The van der Waals surface area contributed by atoms with Crippen molar-refractivity contribution in [1.82, 2.24) is 9.78 Å². The predicted octanol–water partition coefficient (Wildman–Crippen LogP) is 3.52. The molecule has 2 rings (SSSR count). The van der Waals surface area contributed by atoms with E-state index >= 15 is 0 Å². The summed E-state index contributed by atoms with van der Waals surface area (Å²) >= 11 is 5.58. The SMILES string of the molecule is Cc1cc(CC(=O)c2cc(Br)ccc2I)n(C)n1. The van der Waals surface area contributed by atoms with E-state index in [1.807, 2.05) is 38.2 Å². The number of Topliss-reactive ketones (excluding diaryl/α,β-unsaturated/α-hetero) is 1. The van der Waals surface area contributed by atoms with E-state index in [-0.39, 0.29) is 5.78 Å². The zero-order valence-electron chi connectivity index (χ0n) is 10.1. The molecule has 1 heterocycles. The number of carbonyl (C=O) groups excluding carboxylic acids is 1. The molecule has 0 atom stereocenters. The standard InChI is InChI=1S/C13H12BrIN2O/c1-8-5-10(17(2)16-8)7-13(18)11-6-9(14)3-4-12(11)15/h3-6H,7H2,1-2H3. The number of hydrogen-bond donors (Lipinski definition) is 0. The van der Waals surface area contributed by atoms with Gasteiger partial charge in [-0.05, 0) is 53.8 Å². The highest BCUT2D eigenvalue weighted by atomic mass is 127. The van der Waals surface area contributed by atoms with Crippen molar-refractivity contribution < 1.29 is 4.79 Å². The van der Waals surface area contributed by atoms with Crippen molar-refractivity contribution in [3.05, 3.63) is 49.3 Å². The summed E-state index contributed by atoms with van der Waals surface area (Å²) in [7, 11) is 1.86. The molecule has 0 spiro atoms. The second-order valence-corrected chi connectivity index (χ2v) is 6.20. The van der Waals surface area contributed by atoms with Crippen LogP contribution in [0.25, 0.3) is 0 Å². The normalized spacial score (nSPS) is 10.7. The average Bonchev–Trinajstić information content (AvgIpc) is 2.61. The van der Waals surface area contributed by atoms with Gasteiger partial charge in [0.15, 0.2) is 5.78 Å². The van der Waals surface area contributed by atoms with Gasteiger partial charge in [-0.1, -0.05) is 15.9 Å². The van der Waals surface area contributed by atoms with Crippen LogP contribution in [0.1, 0.15) is 21.7 Å². The second kappa shape index (κ2) is 5.52. The lowest BCUT2D eigenvalue weighted by molar-refractivity contribution is 0.0990. The first-order chi connectivity index (χ1) is 8.47. The monoisotopic (exact) mass is 418 g/mol. The molecule has 94 valence electrons. The summed E-state index contributed by atoms with van der Waals surface area (Å²) in [5, 5.41) is 4.25. The number of aromatic nitrogens is 2. The summed E-state index contributed by atoms with van der Waals surface area (Å²) in [6.07, 6.45) is 0.379. The molecule has 0 saturated heterocycles. The number of hydrogen-bond acceptors (Lipinski definition) is 2. The highest BCUT2D eigenvalue weighted by molar-refractivity contribution is 14.1. The fraction of sp³-hybridized carbons (Fsp3) is 0.231. The van der Waals surface area contributed by atoms with Crippen LogP contribution in [0.4, 0.5) is 0 Å². The topological polar surface area (TPSA) is 34.9 Å². The molecule has 0 N–H and O–H groups in total. The smallest absolute Gasteiger partial charge is 0.169 e. The lowest BCUT2D eigenvalue weighted by Gasteiger charge is -2.05. The van der Waals surface area contributed by atoms with Crippen LogP contribution in [0.2, 0.25) is 0 Å². The lowest BCUT2D eigenvalue weighted by Crippen LogP contribution is -2.09. The van der Waals surface area contributed by atoms with Crippen molar-refractivity contribution in [2.75, 3.05) is 0 Å². The van der Waals surface area contributed by atoms with Gasteiger partial charge in [-0.25, -0.2) is 0 Å². The van der Waals surface area contributed by atoms with Crippen molar-refractivity contribution in [3.8, 4) is 0 Å². The van der Waals surface area contributed by atoms with Crippen LogP contribution < -0.4 is 0 Å². The second-order valence-electron chi connectivity index (χ2n) is 4.12. The Morgan fingerprint density at radius 1 is 1.44 bits per heavy atom. The molecule has 0 aliphatic carbocycles. The number of ketones is 1. The van der Waals surface area contributed by atoms with Crippen LogP contribution in [0.15, 0.2) is 28.7 Å². The minimum absolute atomic E-state index is 0.115. The van der Waals surface area contributed by atoms with Crippen molar-refractivity contribution >= 4 is 44.3 Å². The van der Waals surface area contributed by atoms with Gasteiger partial charge >= 0.3 is 0 Å². The summed E-state index contributed by atoms with van der Waals surface area (Å²) in [6.45, 7) is 1.93. The predicted molar refractivity (Wildman–Crippen MR) is 82.8 cm³/mol. The van der Waals surface area contributed by atoms with Gasteiger partial charge in [-0.3, -0.25) is 9.48 Å². The minimum atomic E-state index is 0.115. The zero-order valence-corrected chi connectivity index (χ0v) is 13.8. The molecule has 1 aromatic heterocycles. The van der Waals surface area contributed by atoms with Crippen LogP contribution >= 0.6 is 38.5 Å². The van der Waals surface area contributed by atoms with Crippen LogP contribution in [0.5, 0.6) is 0 Å². The molecule has 0 aliphatic heterocycles. The number of aryl methyl sites for hydroxylation is 2. The Hall–Kier alpha value is -0.690. The van der Waals surface area contributed by atoms with Gasteiger partial charge in [-0.15, -0.1) is 0 Å². The molecule has 5 heteroatoms. The Bertz CT molecular complexity index is 607. The molecule has 1 aromatic carbocycles. The summed E-state index contributed by atoms with van der Waals surface area (Å²) in [5.74, 6) is 0.115. The van der Waals surface area contributed by atoms with E-state index in [1.54, 1.807) is 4.68 Å². The summed E-state index contributed by atoms with van der Waals surface area (Å²) in [4.78, 5) is 12.3. The van der Waals surface area contributed by atoms with Crippen molar-refractivity contribution in [2.45, 2.75) is 13.3 Å². The number of carbonyl (C=O) groups is 1. The Kier molecular flexibility index (Phi) is 4.21. The molecule has 0 bridgehead atoms. The van der Waals surface area contributed by atoms with Gasteiger partial charge in [0.1, 0.15) is 0 Å². The number of halogens is 2. The molecule has 18 heavy (non-hydrogen) atoms. The molecule has 2 aromatic rings. The van der Waals surface area contributed by atoms with E-state index in [9.17, 15) is 4.79 Å². The molecule has 0 unspecified atom stereocenters. The Morgan fingerprint density at radius 2 is 2.17 bits per heavy atom. The highest BCUT2D eigenvalue weighted by Crippen LogP contribution is 2.20. The van der Waals surface area contributed by atoms with E-state index in [0.717, 1.165) is 25.0 Å². The Labute approximate surface area is 128 Å². The van der Waals surface area contributed by atoms with Gasteiger partial charge < -0.3 is 0 Å². The van der Waals surface area contributed by atoms with E-state index in [0.29, 0.717) is 6.42 Å². The van der Waals surface area contributed by atoms with Gasteiger partial charge in [-0.2, -0.15) is 5.10 Å². The molecule has 0 saturated carbocycles. The quantitative estimate of drug-likeness (QED) is 0.564. The lowest BCUT2D eigenvalue weighted by atomic mass is 10.1. The Balaban J connectivity index is 2.27. The number of rotatable bonds is 3. The third-order valence-electron chi connectivity index (χ3n) is 2.67. The van der Waals surface area contributed by atoms with Crippen LogP contribution in [0.3, 0.4) is 0 Å². The summed E-state index contributed by atoms with van der Waals surface area (Å²) in [6, 6.07) is 7.69. The minimum Gasteiger partial charge on any atom is -0.294 e. The van der Waals surface area contributed by atoms with Gasteiger partial charge in [0.05, 0.1) is 12.1 Å². The highest BCUT2D eigenvalue weighted by Gasteiger charge is 2.13. The van der Waals surface area contributed by atoms with Crippen molar-refractivity contribution in [2.24, 2.45) is 7.05 Å². The van der Waals surface area contributed by atoms with Crippen molar-refractivity contribution in [1.29, 1.82) is 0 Å². The number of nitrogens with zero attached hydrogens (tertiary/aromatic N) is 2. The van der Waals surface area contributed by atoms with E-state index < -0.39 is 0 Å². The van der Waals surface area contributed by atoms with Crippen LogP contribution in [-0.4, -0.2) is 15.6 Å². The summed E-state index contributed by atoms with van der Waals surface area (Å²) in [5.41, 5.74) is 2.63. The molecule has 0 aliphatic rings. The third-order valence-corrected chi connectivity index (χ3v) is 4.10. The molecular weight excluding hydrogens is 407 g/mol. The van der Waals surface area contributed by atoms with Gasteiger partial charge in [0.25, 0.3) is 0 Å². The van der Waals surface area contributed by atoms with E-state index in [2.05, 4.69) is 43.6 Å². The fourth-order valence-corrected chi connectivity index (χ4v) is 2.80. The molecule has 0 amide bonds. The van der Waals surface area contributed by atoms with Gasteiger partial charge in [0.2, 0.25) is 0 Å². The largest absolute Gasteiger partial charge is 0.294 e. The first-order valence-corrected chi connectivity index (χ1v) is 7.32. The van der Waals surface area contributed by atoms with Crippen molar-refractivity contribution in [3.63, 3.8) is 0 Å². The van der Waals surface area contributed by atoms with Crippen LogP contribution in [-0.2, 0) is 13.5 Å². The molecule has 3 nitrogen and oxygen atoms in total. The zero-order chi connectivity index (χ0) is 13.3. The maximum Gasteiger partial charge on any atom is 0.169 e. The van der Waals surface area contributed by atoms with E-state index in [4.69, 9.17) is 0 Å². The van der Waals surface area contributed by atoms with Gasteiger partial charge in [0, 0.05) is 26.3 Å². The first-order valence-electron chi connectivity index (χ1n) is 5.45. The number of benzene rings is 1. The molecule has 0 radical (unpaired) electrons. The molecular formula is C13H12BrIN2O. The fourth-order valence-electron chi connectivity index (χ4n) is 1.80. The maximum absolute atomic E-state index is 12.3. The average molecular weight is 419 g/mol. The molecule has 0 fully saturated rings. The van der Waals surface area contributed by atoms with Crippen LogP contribution in [0, 0.1) is 10.5 Å². The summed E-state index contributed by atoms with van der Waals surface area (Å²) < 4.78 is 3.66. The van der Waals surface area contributed by atoms with E-state index in [1.165, 1.54) is 0 Å². The maximum atomic E-state index is 12.3. The Morgan fingerprint density at radius 3 is 2.78 bits per heavy atom. The first kappa shape index (κ1) is 13.7.